The van der Waals surface area contributed by atoms with Crippen LogP contribution in [0.3, 0.4) is 0 Å². The van der Waals surface area contributed by atoms with Crippen molar-refractivity contribution in [2.75, 3.05) is 23.3 Å². The molecule has 7 aromatic carbocycles. The van der Waals surface area contributed by atoms with Crippen molar-refractivity contribution in [1.82, 2.24) is 9.78 Å². The van der Waals surface area contributed by atoms with Gasteiger partial charge in [0.25, 0.3) is 60.7 Å². The van der Waals surface area contributed by atoms with Gasteiger partial charge in [0.1, 0.15) is 65.1 Å². The molecule has 0 saturated heterocycles. The number of carbonyl (C=O) groups is 1. The van der Waals surface area contributed by atoms with Gasteiger partial charge in [-0.05, 0) is 73.2 Å². The van der Waals surface area contributed by atoms with E-state index in [0.717, 1.165) is 36.4 Å². The highest BCUT2D eigenvalue weighted by Gasteiger charge is 2.32. The lowest BCUT2D eigenvalue weighted by atomic mass is 10.0. The zero-order valence-electron chi connectivity index (χ0n) is 46.8. The van der Waals surface area contributed by atoms with Gasteiger partial charge in [0.2, 0.25) is 11.6 Å². The molecule has 0 radical (unpaired) electrons. The van der Waals surface area contributed by atoms with E-state index in [1.807, 2.05) is 0 Å². The standard InChI is InChI=1S/C45H34ClN12O32S8/c46-23-14-32(96(78,79)80)26(50-55-38-39(45(62)63)56-57(44(38)61)17-2-4-19(5-3-17)94(72,73)74)15-25(23)49-54-37-33(97(81,82)83)13-21-20(40(37)59)6-7-24(43(21)98(84,85)86)48-51-27-16-31(95(75,76)77)22-12-30(91-90-89-66)36(41(60)34(22)35(27)47)53-52-28-10-18(88-92(67)68)11-29(58(64)65)42(28)87-8-1-9-93(69,70)71/h2-7,10-16,59-61,64,66H,1,8-9,47H2,(H,62,63)(H,67,68)(H,69,70,71)(H,72,73,74)(H,75,76,77)(H,78,79,80)(H,81,82,83)(H,84,85,86)/q-1. The number of carboxylic acid groups (broad SMARTS) is 1. The summed E-state index contributed by atoms with van der Waals surface area (Å²) >= 11 is 3.01. The van der Waals surface area contributed by atoms with Crippen LogP contribution in [0.15, 0.2) is 149 Å². The molecule has 8 aromatic rings. The molecule has 0 aliphatic heterocycles. The Morgan fingerprint density at radius 3 is 1.82 bits per heavy atom. The van der Waals surface area contributed by atoms with Crippen molar-refractivity contribution in [2.45, 2.75) is 35.8 Å². The average molecular weight is 1550 g/mol. The van der Waals surface area contributed by atoms with Gasteiger partial charge in [-0.3, -0.25) is 37.1 Å². The highest BCUT2D eigenvalue weighted by atomic mass is 35.5. The molecule has 1 heterocycles. The zero-order chi connectivity index (χ0) is 72.7. The summed E-state index contributed by atoms with van der Waals surface area (Å²) in [4.78, 5) is 5.41. The number of hydrogen-bond acceptors (Lipinski definition) is 36. The van der Waals surface area contributed by atoms with Crippen molar-refractivity contribution in [3.63, 3.8) is 0 Å². The van der Waals surface area contributed by atoms with Crippen molar-refractivity contribution >= 4 is 180 Å². The Labute approximate surface area is 556 Å². The predicted molar refractivity (Wildman–Crippen MR) is 328 cm³/mol. The molecular weight excluding hydrogens is 1510 g/mol. The summed E-state index contributed by atoms with van der Waals surface area (Å²) < 4.78 is 246. The third-order valence-electron chi connectivity index (χ3n) is 12.4. The Kier molecular flexibility index (Phi) is 21.5. The second-order valence-corrected chi connectivity index (χ2v) is 28.9. The van der Waals surface area contributed by atoms with Crippen molar-refractivity contribution in [1.29, 1.82) is 0 Å². The number of nitrogens with zero attached hydrogens (tertiary/aromatic N) is 11. The van der Waals surface area contributed by atoms with Crippen molar-refractivity contribution in [3.05, 3.63) is 94.8 Å². The number of aromatic carboxylic acids is 1. The molecule has 0 aliphatic rings. The van der Waals surface area contributed by atoms with Gasteiger partial charge in [0.05, 0.1) is 61.7 Å². The molecule has 0 spiro atoms. The number of anilines is 2. The number of carboxylic acids is 1. The molecule has 44 nitrogen and oxygen atoms in total. The molecule has 1 unspecified atom stereocenters. The minimum absolute atomic E-state index is 0.0841. The molecule has 15 N–H and O–H groups in total. The fourth-order valence-electron chi connectivity index (χ4n) is 8.42. The number of aromatic hydroxyl groups is 3. The minimum Gasteiger partial charge on any atom is -0.733 e. The number of phenols is 2. The maximum Gasteiger partial charge on any atom is 0.358 e. The molecule has 98 heavy (non-hydrogen) atoms. The van der Waals surface area contributed by atoms with Gasteiger partial charge in [-0.15, -0.1) is 45.2 Å². The summed E-state index contributed by atoms with van der Waals surface area (Å²) in [5.74, 6) is -8.24. The maximum atomic E-state index is 13.3. The Bertz CT molecular complexity index is 5530. The monoisotopic (exact) mass is 1540 g/mol. The third-order valence-corrected chi connectivity index (χ3v) is 18.9. The minimum atomic E-state index is -5.82. The number of hydrogen-bond donors (Lipinski definition) is 14. The number of nitrogens with two attached hydrogens (primary N) is 1. The number of aromatic nitrogens is 2. The molecule has 0 amide bonds. The van der Waals surface area contributed by atoms with Crippen LogP contribution >= 0.6 is 23.6 Å². The van der Waals surface area contributed by atoms with E-state index in [0.29, 0.717) is 41.1 Å². The third kappa shape index (κ3) is 16.6. The van der Waals surface area contributed by atoms with Crippen molar-refractivity contribution in [3.8, 4) is 34.6 Å². The molecule has 0 saturated carbocycles. The second-order valence-electron chi connectivity index (χ2n) is 18.6. The highest BCUT2D eigenvalue weighted by molar-refractivity contribution is 7.94. The van der Waals surface area contributed by atoms with Crippen LogP contribution in [0, 0.1) is 5.21 Å². The Hall–Kier alpha value is -9.25. The van der Waals surface area contributed by atoms with E-state index in [9.17, 15) is 118 Å². The van der Waals surface area contributed by atoms with Gasteiger partial charge in [-0.1, -0.05) is 16.6 Å². The van der Waals surface area contributed by atoms with E-state index in [2.05, 4.69) is 59.6 Å². The fraction of sp³-hybridized carbons (Fsp3) is 0.0667. The molecule has 0 fully saturated rings. The summed E-state index contributed by atoms with van der Waals surface area (Å²) in [6.07, 6.45) is -0.504. The molecular formula is C45H34ClN12O32S8-. The molecule has 53 heteroatoms. The number of benzene rings is 7. The second kappa shape index (κ2) is 28.3. The zero-order valence-corrected chi connectivity index (χ0v) is 54.1. The van der Waals surface area contributed by atoms with Crippen LogP contribution in [0.25, 0.3) is 27.2 Å². The number of nitrogen functional groups attached to an aromatic ring is 1. The number of rotatable bonds is 26. The molecule has 8 rings (SSSR count). The first-order chi connectivity index (χ1) is 45.4. The number of ether oxygens (including phenoxy) is 1. The Balaban J connectivity index is 1.25. The lowest BCUT2D eigenvalue weighted by Gasteiger charge is -2.25. The molecule has 0 aliphatic carbocycles. The largest absolute Gasteiger partial charge is 0.733 e. The van der Waals surface area contributed by atoms with Crippen LogP contribution in [0.5, 0.6) is 28.9 Å². The summed E-state index contributed by atoms with van der Waals surface area (Å²) in [6.45, 7) is -0.693. The van der Waals surface area contributed by atoms with Gasteiger partial charge in [-0.2, -0.15) is 64.5 Å². The first kappa shape index (κ1) is 74.5. The van der Waals surface area contributed by atoms with E-state index >= 15 is 0 Å². The first-order valence-electron chi connectivity index (χ1n) is 24.8. The predicted octanol–water partition coefficient (Wildman–Crippen LogP) is 8.42. The van der Waals surface area contributed by atoms with Crippen LogP contribution in [0.1, 0.15) is 16.9 Å². The number of fused-ring (bicyclic) bond motifs is 2. The quantitative estimate of drug-likeness (QED) is 0.00353. The Morgan fingerprint density at radius 1 is 0.653 bits per heavy atom. The number of azo groups is 4. The van der Waals surface area contributed by atoms with E-state index in [4.69, 9.17) is 31.9 Å². The topological polar surface area (TPSA) is 708 Å². The highest BCUT2D eigenvalue weighted by Crippen LogP contribution is 2.52. The molecule has 1 aromatic heterocycles. The van der Waals surface area contributed by atoms with E-state index in [1.54, 1.807) is 0 Å². The van der Waals surface area contributed by atoms with E-state index in [1.165, 1.54) is 0 Å². The van der Waals surface area contributed by atoms with E-state index < -0.39 is 249 Å². The van der Waals surface area contributed by atoms with Crippen LogP contribution in [0.2, 0.25) is 5.02 Å². The SMILES string of the molecule is Nc1c(N=Nc2ccc3c(O)c(N=Nc4cc(N=Nc5c(C(=O)O)nn(-c6ccc(S(=O)(=O)O)cc6)c5O)c(S(=O)(=O)O)cc4Cl)c(S(=O)(=O)O)cc3c2S(=O)(=O)O)cc(S(=O)(=O)O)c2cc(SOOO)c(N=Nc3cc(OS(=O)O)cc(N([O-])O)c3OCCCS(=O)(=O)O)c(O)c12. The Morgan fingerprint density at radius 2 is 1.24 bits per heavy atom. The van der Waals surface area contributed by atoms with Crippen LogP contribution in [-0.2, 0) is 81.4 Å². The molecule has 1 atom stereocenters. The van der Waals surface area contributed by atoms with Gasteiger partial charge in [-0.25, -0.2) is 10.1 Å². The number of phenolic OH excluding ortho intramolecular Hbond substituents is 2. The summed E-state index contributed by atoms with van der Waals surface area (Å²) in [7, 11) is -32.0. The van der Waals surface area contributed by atoms with Gasteiger partial charge < -0.3 is 45.5 Å². The van der Waals surface area contributed by atoms with Crippen LogP contribution < -0.4 is 19.9 Å². The van der Waals surface area contributed by atoms with Crippen molar-refractivity contribution in [2.24, 2.45) is 40.9 Å². The fourth-order valence-corrected chi connectivity index (χ4v) is 13.2. The normalized spacial score (nSPS) is 13.3. The lowest BCUT2D eigenvalue weighted by molar-refractivity contribution is -0.432. The molecule has 522 valence electrons. The summed E-state index contributed by atoms with van der Waals surface area (Å²) in [6, 6.07) is 8.62. The summed E-state index contributed by atoms with van der Waals surface area (Å²) in [5, 5.41) is 107. The molecule has 0 bridgehead atoms. The smallest absolute Gasteiger partial charge is 0.358 e. The number of halogens is 1. The average Bonchev–Trinajstić information content (AvgIpc) is 0.791. The van der Waals surface area contributed by atoms with E-state index in [-0.39, 0.29) is 23.8 Å². The lowest BCUT2D eigenvalue weighted by Crippen LogP contribution is -2.12. The van der Waals surface area contributed by atoms with Gasteiger partial charge in [0, 0.05) is 28.3 Å². The summed E-state index contributed by atoms with van der Waals surface area (Å²) in [5.41, 5.74) is -4.71. The van der Waals surface area contributed by atoms with Gasteiger partial charge in [0.15, 0.2) is 22.9 Å². The van der Waals surface area contributed by atoms with Crippen molar-refractivity contribution < 1.29 is 141 Å². The van der Waals surface area contributed by atoms with Crippen LogP contribution in [-0.4, -0.2) is 146 Å². The first-order valence-corrected chi connectivity index (χ1v) is 35.7. The maximum absolute atomic E-state index is 13.3. The van der Waals surface area contributed by atoms with Gasteiger partial charge >= 0.3 is 17.3 Å². The van der Waals surface area contributed by atoms with Crippen LogP contribution in [0.4, 0.5) is 56.9 Å².